The molecular weight excluding hydrogens is 409 g/mol. The van der Waals surface area contributed by atoms with Gasteiger partial charge < -0.3 is 5.11 Å². The molecule has 2 aliphatic heterocycles. The fourth-order valence-corrected chi connectivity index (χ4v) is 3.79. The zero-order valence-corrected chi connectivity index (χ0v) is 16.0. The van der Waals surface area contributed by atoms with E-state index in [1.54, 1.807) is 35.4 Å². The Morgan fingerprint density at radius 2 is 1.85 bits per heavy atom. The van der Waals surface area contributed by atoms with Crippen LogP contribution in [0.25, 0.3) is 5.70 Å². The number of hydrogen-bond acceptors (Lipinski definition) is 4. The summed E-state index contributed by atoms with van der Waals surface area (Å²) in [6.07, 6.45) is 1.52. The molecule has 5 nitrogen and oxygen atoms in total. The van der Waals surface area contributed by atoms with E-state index < -0.39 is 12.1 Å². The van der Waals surface area contributed by atoms with Gasteiger partial charge in [-0.15, -0.1) is 0 Å². The Balaban J connectivity index is 1.87. The van der Waals surface area contributed by atoms with Gasteiger partial charge in [0.2, 0.25) is 0 Å². The number of halogens is 3. The molecule has 2 aromatic rings. The predicted molar refractivity (Wildman–Crippen MR) is 108 cm³/mol. The largest absolute Gasteiger partial charge is 0.477 e. The van der Waals surface area contributed by atoms with Gasteiger partial charge in [-0.05, 0) is 30.3 Å². The Bertz CT molecular complexity index is 1050. The fourth-order valence-electron chi connectivity index (χ4n) is 3.05. The molecule has 4 rings (SSSR count). The molecule has 1 unspecified atom stereocenters. The Morgan fingerprint density at radius 3 is 2.56 bits per heavy atom. The first-order valence-corrected chi connectivity index (χ1v) is 9.17. The summed E-state index contributed by atoms with van der Waals surface area (Å²) in [6, 6.07) is 12.5. The molecule has 0 aliphatic carbocycles. The zero-order chi connectivity index (χ0) is 19.1. The summed E-state index contributed by atoms with van der Waals surface area (Å²) in [5, 5.41) is 16.7. The van der Waals surface area contributed by atoms with E-state index in [0.717, 1.165) is 5.56 Å². The smallest absolute Gasteiger partial charge is 0.352 e. The number of carboxylic acid groups (broad SMARTS) is 1. The van der Waals surface area contributed by atoms with E-state index >= 15 is 0 Å². The van der Waals surface area contributed by atoms with E-state index in [0.29, 0.717) is 32.0 Å². The van der Waals surface area contributed by atoms with Gasteiger partial charge in [0.1, 0.15) is 11.9 Å². The van der Waals surface area contributed by atoms with Crippen LogP contribution >= 0.6 is 34.8 Å². The van der Waals surface area contributed by atoms with Gasteiger partial charge in [0.15, 0.2) is 0 Å². The lowest BCUT2D eigenvalue weighted by Crippen LogP contribution is -2.29. The lowest BCUT2D eigenvalue weighted by atomic mass is 10.0. The highest BCUT2D eigenvalue weighted by molar-refractivity contribution is 6.38. The summed E-state index contributed by atoms with van der Waals surface area (Å²) in [5.41, 5.74) is 2.77. The van der Waals surface area contributed by atoms with Gasteiger partial charge in [-0.2, -0.15) is 5.10 Å². The molecule has 2 heterocycles. The normalized spacial score (nSPS) is 18.6. The molecular formula is C19H12Cl3N3O2. The van der Waals surface area contributed by atoms with Crippen molar-refractivity contribution in [2.45, 2.75) is 12.6 Å². The minimum atomic E-state index is -1.07. The SMILES string of the molecule is O=C(O)C1=NN2C(c3ccccc3Cl)=CC(c3ccc(Cl)cc3Cl)=NC2C1. The molecule has 0 bridgehead atoms. The minimum Gasteiger partial charge on any atom is -0.477 e. The van der Waals surface area contributed by atoms with Crippen LogP contribution in [-0.2, 0) is 4.79 Å². The summed E-state index contributed by atoms with van der Waals surface area (Å²) in [5.74, 6) is -1.07. The Labute approximate surface area is 170 Å². The lowest BCUT2D eigenvalue weighted by molar-refractivity contribution is -0.129. The maximum Gasteiger partial charge on any atom is 0.352 e. The van der Waals surface area contributed by atoms with Crippen LogP contribution in [0.5, 0.6) is 0 Å². The third-order valence-corrected chi connectivity index (χ3v) is 5.18. The van der Waals surface area contributed by atoms with E-state index in [9.17, 15) is 9.90 Å². The van der Waals surface area contributed by atoms with Gasteiger partial charge in [-0.25, -0.2) is 9.80 Å². The molecule has 2 aromatic carbocycles. The summed E-state index contributed by atoms with van der Waals surface area (Å²) in [6.45, 7) is 0. The number of rotatable bonds is 3. The van der Waals surface area contributed by atoms with Crippen LogP contribution in [0.15, 0.2) is 58.6 Å². The molecule has 0 amide bonds. The highest BCUT2D eigenvalue weighted by Crippen LogP contribution is 2.36. The van der Waals surface area contributed by atoms with Crippen LogP contribution in [0.4, 0.5) is 0 Å². The second-order valence-corrected chi connectivity index (χ2v) is 7.28. The molecule has 0 fully saturated rings. The van der Waals surface area contributed by atoms with Crippen LogP contribution in [0.3, 0.4) is 0 Å². The van der Waals surface area contributed by atoms with Gasteiger partial charge in [0.25, 0.3) is 0 Å². The second-order valence-electron chi connectivity index (χ2n) is 6.03. The molecule has 0 saturated carbocycles. The van der Waals surface area contributed by atoms with Gasteiger partial charge in [0, 0.05) is 27.6 Å². The number of benzene rings is 2. The van der Waals surface area contributed by atoms with Crippen LogP contribution in [0.2, 0.25) is 15.1 Å². The highest BCUT2D eigenvalue weighted by atomic mass is 35.5. The van der Waals surface area contributed by atoms with E-state index in [1.165, 1.54) is 0 Å². The maximum absolute atomic E-state index is 11.4. The van der Waals surface area contributed by atoms with Crippen molar-refractivity contribution in [3.63, 3.8) is 0 Å². The Kier molecular flexibility index (Phi) is 4.68. The number of allylic oxidation sites excluding steroid dienone is 1. The number of fused-ring (bicyclic) bond motifs is 1. The highest BCUT2D eigenvalue weighted by Gasteiger charge is 2.36. The molecule has 27 heavy (non-hydrogen) atoms. The first-order valence-electron chi connectivity index (χ1n) is 8.04. The maximum atomic E-state index is 11.4. The molecule has 1 N–H and O–H groups in total. The number of carbonyl (C=O) groups is 1. The number of aliphatic carboxylic acids is 1. The van der Waals surface area contributed by atoms with Crippen molar-refractivity contribution in [2.24, 2.45) is 10.1 Å². The third-order valence-electron chi connectivity index (χ3n) is 4.30. The van der Waals surface area contributed by atoms with Gasteiger partial charge in [-0.1, -0.05) is 53.0 Å². The van der Waals surface area contributed by atoms with E-state index in [-0.39, 0.29) is 12.1 Å². The number of nitrogens with zero attached hydrogens (tertiary/aromatic N) is 3. The lowest BCUT2D eigenvalue weighted by Gasteiger charge is -2.28. The van der Waals surface area contributed by atoms with Crippen LogP contribution in [0.1, 0.15) is 17.5 Å². The first-order chi connectivity index (χ1) is 12.9. The molecule has 2 aliphatic rings. The average molecular weight is 421 g/mol. The summed E-state index contributed by atoms with van der Waals surface area (Å²) < 4.78 is 0. The van der Waals surface area contributed by atoms with Gasteiger partial charge in [-0.3, -0.25) is 4.99 Å². The summed E-state index contributed by atoms with van der Waals surface area (Å²) >= 11 is 18.7. The molecule has 1 atom stereocenters. The number of carboxylic acids is 1. The monoisotopic (exact) mass is 419 g/mol. The minimum absolute atomic E-state index is 0.0464. The predicted octanol–water partition coefficient (Wildman–Crippen LogP) is 4.96. The topological polar surface area (TPSA) is 65.3 Å². The number of hydrazone groups is 1. The Hall–Kier alpha value is -2.34. The van der Waals surface area contributed by atoms with Crippen molar-refractivity contribution in [2.75, 3.05) is 0 Å². The molecule has 0 saturated heterocycles. The first kappa shape index (κ1) is 18.0. The summed E-state index contributed by atoms with van der Waals surface area (Å²) in [7, 11) is 0. The standard InChI is InChI=1S/C19H12Cl3N3O2/c20-10-5-6-11(14(22)7-10)15-8-17(12-3-1-2-4-13(12)21)25-18(23-15)9-16(24-25)19(26)27/h1-8,18H,9H2,(H,26,27). The molecule has 0 spiro atoms. The van der Waals surface area contributed by atoms with E-state index in [4.69, 9.17) is 34.8 Å². The molecule has 136 valence electrons. The summed E-state index contributed by atoms with van der Waals surface area (Å²) in [4.78, 5) is 16.1. The van der Waals surface area contributed by atoms with Crippen molar-refractivity contribution in [1.82, 2.24) is 5.01 Å². The van der Waals surface area contributed by atoms with Gasteiger partial charge >= 0.3 is 5.97 Å². The van der Waals surface area contributed by atoms with Crippen LogP contribution in [-0.4, -0.2) is 33.7 Å². The Morgan fingerprint density at radius 1 is 1.07 bits per heavy atom. The van der Waals surface area contributed by atoms with Crippen molar-refractivity contribution in [1.29, 1.82) is 0 Å². The van der Waals surface area contributed by atoms with Crippen LogP contribution < -0.4 is 0 Å². The van der Waals surface area contributed by atoms with Crippen molar-refractivity contribution < 1.29 is 9.90 Å². The second kappa shape index (κ2) is 7.00. The fraction of sp³-hybridized carbons (Fsp3) is 0.105. The van der Waals surface area contributed by atoms with E-state index in [1.807, 2.05) is 18.2 Å². The molecule has 0 aromatic heterocycles. The quantitative estimate of drug-likeness (QED) is 0.763. The third kappa shape index (κ3) is 3.34. The van der Waals surface area contributed by atoms with Crippen molar-refractivity contribution in [3.05, 3.63) is 74.7 Å². The number of hydrogen-bond donors (Lipinski definition) is 1. The van der Waals surface area contributed by atoms with Crippen molar-refractivity contribution >= 4 is 57.9 Å². The van der Waals surface area contributed by atoms with Crippen LogP contribution in [0, 0.1) is 0 Å². The molecule has 8 heteroatoms. The zero-order valence-electron chi connectivity index (χ0n) is 13.7. The molecule has 0 radical (unpaired) electrons. The van der Waals surface area contributed by atoms with Crippen molar-refractivity contribution in [3.8, 4) is 0 Å². The number of aliphatic imine (C=N–C) groups is 1. The van der Waals surface area contributed by atoms with Gasteiger partial charge in [0.05, 0.1) is 16.4 Å². The average Bonchev–Trinajstić information content (AvgIpc) is 3.06. The van der Waals surface area contributed by atoms with E-state index in [2.05, 4.69) is 10.1 Å².